The number of pyridine rings is 1. The fourth-order valence-corrected chi connectivity index (χ4v) is 8.40. The van der Waals surface area contributed by atoms with Crippen molar-refractivity contribution in [3.63, 3.8) is 0 Å². The Morgan fingerprint density at radius 1 is 0.560 bits per heavy atom. The van der Waals surface area contributed by atoms with E-state index >= 15 is 0 Å². The van der Waals surface area contributed by atoms with Gasteiger partial charge in [-0.05, 0) is 111 Å². The van der Waals surface area contributed by atoms with Gasteiger partial charge in [0.1, 0.15) is 0 Å². The van der Waals surface area contributed by atoms with E-state index in [4.69, 9.17) is 0 Å². The number of rotatable bonds is 10. The van der Waals surface area contributed by atoms with Gasteiger partial charge < -0.3 is 4.90 Å². The summed E-state index contributed by atoms with van der Waals surface area (Å²) in [6.07, 6.45) is 8.35. The van der Waals surface area contributed by atoms with Crippen molar-refractivity contribution in [3.05, 3.63) is 175 Å². The number of hydrogen-bond acceptors (Lipinski definition) is 2. The molecule has 0 N–H and O–H groups in total. The van der Waals surface area contributed by atoms with Crippen LogP contribution in [0.2, 0.25) is 0 Å². The molecule has 2 nitrogen and oxygen atoms in total. The predicted molar refractivity (Wildman–Crippen MR) is 213 cm³/mol. The van der Waals surface area contributed by atoms with E-state index in [2.05, 4.69) is 164 Å². The van der Waals surface area contributed by atoms with Gasteiger partial charge in [-0.3, -0.25) is 4.98 Å². The molecule has 0 fully saturated rings. The van der Waals surface area contributed by atoms with Crippen molar-refractivity contribution in [2.75, 3.05) is 4.90 Å². The molecule has 8 rings (SSSR count). The van der Waals surface area contributed by atoms with Crippen molar-refractivity contribution < 1.29 is 0 Å². The molecule has 2 heteroatoms. The molecule has 0 amide bonds. The Bertz CT molecular complexity index is 2290. The van der Waals surface area contributed by atoms with E-state index < -0.39 is 0 Å². The second kappa shape index (κ2) is 13.3. The molecule has 0 radical (unpaired) electrons. The minimum absolute atomic E-state index is 0.0163. The van der Waals surface area contributed by atoms with Gasteiger partial charge in [-0.2, -0.15) is 0 Å². The molecule has 0 saturated carbocycles. The van der Waals surface area contributed by atoms with Crippen LogP contribution >= 0.6 is 0 Å². The van der Waals surface area contributed by atoms with Crippen LogP contribution in [-0.4, -0.2) is 4.98 Å². The maximum Gasteiger partial charge on any atom is 0.0701 e. The summed E-state index contributed by atoms with van der Waals surface area (Å²) < 4.78 is 0. The molecule has 1 heterocycles. The summed E-state index contributed by atoms with van der Waals surface area (Å²) in [4.78, 5) is 7.02. The first-order valence-electron chi connectivity index (χ1n) is 18.0. The molecule has 1 aliphatic rings. The van der Waals surface area contributed by atoms with Gasteiger partial charge in [0.15, 0.2) is 0 Å². The lowest BCUT2D eigenvalue weighted by Crippen LogP contribution is -2.25. The number of hydrogen-bond donors (Lipinski definition) is 0. The van der Waals surface area contributed by atoms with Crippen molar-refractivity contribution >= 4 is 33.9 Å². The van der Waals surface area contributed by atoms with Crippen LogP contribution in [0.5, 0.6) is 0 Å². The minimum Gasteiger partial charge on any atom is -0.310 e. The summed E-state index contributed by atoms with van der Waals surface area (Å²) in [5.41, 5.74) is 14.8. The molecule has 0 unspecified atom stereocenters. The Balaban J connectivity index is 1.27. The average molecular weight is 647 g/mol. The number of aromatic nitrogens is 1. The van der Waals surface area contributed by atoms with Crippen LogP contribution in [0.25, 0.3) is 50.4 Å². The molecule has 7 aromatic rings. The van der Waals surface area contributed by atoms with E-state index in [0.29, 0.717) is 0 Å². The molecule has 50 heavy (non-hydrogen) atoms. The fourth-order valence-electron chi connectivity index (χ4n) is 8.40. The Kier molecular flexibility index (Phi) is 8.38. The van der Waals surface area contributed by atoms with E-state index in [-0.39, 0.29) is 5.41 Å². The predicted octanol–water partition coefficient (Wildman–Crippen LogP) is 13.5. The van der Waals surface area contributed by atoms with E-state index in [1.807, 2.05) is 24.4 Å². The molecule has 0 spiro atoms. The van der Waals surface area contributed by atoms with Gasteiger partial charge in [0.05, 0.1) is 5.69 Å². The highest BCUT2D eigenvalue weighted by Crippen LogP contribution is 2.55. The number of fused-ring (bicyclic) bond motifs is 4. The van der Waals surface area contributed by atoms with E-state index in [1.54, 1.807) is 0 Å². The molecule has 0 atom stereocenters. The Labute approximate surface area is 296 Å². The van der Waals surface area contributed by atoms with Crippen LogP contribution in [0.4, 0.5) is 17.1 Å². The summed E-state index contributed by atoms with van der Waals surface area (Å²) in [5.74, 6) is 0. The van der Waals surface area contributed by atoms with Crippen LogP contribution in [0.1, 0.15) is 56.2 Å². The molecule has 0 bridgehead atoms. The van der Waals surface area contributed by atoms with Gasteiger partial charge in [0.2, 0.25) is 0 Å². The smallest absolute Gasteiger partial charge is 0.0701 e. The molecule has 0 saturated heterocycles. The maximum atomic E-state index is 4.60. The van der Waals surface area contributed by atoms with Crippen molar-refractivity contribution in [1.29, 1.82) is 0 Å². The molecule has 6 aromatic carbocycles. The van der Waals surface area contributed by atoms with Crippen molar-refractivity contribution in [2.45, 2.75) is 44.9 Å². The highest BCUT2D eigenvalue weighted by Gasteiger charge is 2.42. The lowest BCUT2D eigenvalue weighted by atomic mass is 9.71. The maximum absolute atomic E-state index is 4.60. The Morgan fingerprint density at radius 2 is 1.16 bits per heavy atom. The van der Waals surface area contributed by atoms with Gasteiger partial charge in [-0.25, -0.2) is 0 Å². The largest absolute Gasteiger partial charge is 0.310 e. The lowest BCUT2D eigenvalue weighted by molar-refractivity contribution is 0.436. The third kappa shape index (κ3) is 5.33. The quantitative estimate of drug-likeness (QED) is 0.147. The van der Waals surface area contributed by atoms with Gasteiger partial charge in [-0.1, -0.05) is 136 Å². The zero-order chi connectivity index (χ0) is 34.1. The third-order valence-corrected chi connectivity index (χ3v) is 10.6. The zero-order valence-corrected chi connectivity index (χ0v) is 28.9. The van der Waals surface area contributed by atoms with Gasteiger partial charge in [0, 0.05) is 34.2 Å². The minimum atomic E-state index is 0.0163. The Morgan fingerprint density at radius 3 is 1.84 bits per heavy atom. The van der Waals surface area contributed by atoms with Crippen LogP contribution in [0.3, 0.4) is 0 Å². The second-order valence-electron chi connectivity index (χ2n) is 13.5. The fraction of sp³-hybridized carbons (Fsp3) is 0.146. The first kappa shape index (κ1) is 31.5. The molecule has 0 aliphatic heterocycles. The van der Waals surface area contributed by atoms with Crippen LogP contribution in [-0.2, 0) is 5.41 Å². The molecule has 244 valence electrons. The van der Waals surface area contributed by atoms with Crippen molar-refractivity contribution in [2.24, 2.45) is 0 Å². The lowest BCUT2D eigenvalue weighted by Gasteiger charge is -2.33. The second-order valence-corrected chi connectivity index (χ2v) is 13.5. The number of nitrogens with zero attached hydrogens (tertiary/aromatic N) is 2. The molecular formula is C48H42N2. The molecule has 1 aromatic heterocycles. The van der Waals surface area contributed by atoms with Crippen molar-refractivity contribution in [1.82, 2.24) is 4.98 Å². The standard InChI is InChI=1S/C48H42N2/c1-4-30-48(31-5-2)45-16-10-9-15-43(45)44-29-27-39(33-46(44)48)50(38-25-20-36(21-26-38)47-17-11-12-32-49-47)37-23-18-35(19-24-37)41-28-22-34(6-3)40-13-7-8-14-42(40)41/h6-29,32-33H,3-5,30-31H2,1-2H3. The normalized spacial score (nSPS) is 12.8. The first-order chi connectivity index (χ1) is 24.6. The summed E-state index contributed by atoms with van der Waals surface area (Å²) in [6.45, 7) is 8.70. The number of anilines is 3. The topological polar surface area (TPSA) is 16.1 Å². The summed E-state index contributed by atoms with van der Waals surface area (Å²) in [7, 11) is 0. The van der Waals surface area contributed by atoms with Gasteiger partial charge in [-0.15, -0.1) is 0 Å². The third-order valence-electron chi connectivity index (χ3n) is 10.6. The molecule has 1 aliphatic carbocycles. The summed E-state index contributed by atoms with van der Waals surface area (Å²) in [6, 6.07) is 53.3. The number of benzene rings is 6. The highest BCUT2D eigenvalue weighted by atomic mass is 15.1. The van der Waals surface area contributed by atoms with E-state index in [9.17, 15) is 0 Å². The average Bonchev–Trinajstić information content (AvgIpc) is 3.44. The molecular weight excluding hydrogens is 605 g/mol. The van der Waals surface area contributed by atoms with Gasteiger partial charge >= 0.3 is 0 Å². The highest BCUT2D eigenvalue weighted by molar-refractivity contribution is 6.01. The van der Waals surface area contributed by atoms with Crippen LogP contribution in [0, 0.1) is 0 Å². The summed E-state index contributed by atoms with van der Waals surface area (Å²) in [5, 5.41) is 2.46. The Hall–Kier alpha value is -5.73. The van der Waals surface area contributed by atoms with E-state index in [0.717, 1.165) is 53.9 Å². The monoisotopic (exact) mass is 646 g/mol. The van der Waals surface area contributed by atoms with Crippen LogP contribution in [0.15, 0.2) is 158 Å². The van der Waals surface area contributed by atoms with E-state index in [1.165, 1.54) is 49.8 Å². The van der Waals surface area contributed by atoms with Crippen molar-refractivity contribution in [3.8, 4) is 33.5 Å². The summed E-state index contributed by atoms with van der Waals surface area (Å²) >= 11 is 0. The zero-order valence-electron chi connectivity index (χ0n) is 28.9. The van der Waals surface area contributed by atoms with Crippen LogP contribution < -0.4 is 4.90 Å². The SMILES string of the molecule is C=Cc1ccc(-c2ccc(N(c3ccc(-c4ccccn4)cc3)c3ccc4c(c3)C(CCC)(CCC)c3ccccc3-4)cc2)c2ccccc12. The van der Waals surface area contributed by atoms with Gasteiger partial charge in [0.25, 0.3) is 0 Å². The first-order valence-corrected chi connectivity index (χ1v) is 18.0.